The van der Waals surface area contributed by atoms with Crippen LogP contribution in [-0.4, -0.2) is 21.0 Å². The lowest BCUT2D eigenvalue weighted by molar-refractivity contribution is 0.588. The lowest BCUT2D eigenvalue weighted by Gasteiger charge is -2.06. The summed E-state index contributed by atoms with van der Waals surface area (Å²) in [5.74, 6) is 0. The second kappa shape index (κ2) is 6.09. The molecule has 0 radical (unpaired) electrons. The molecule has 0 aliphatic rings. The van der Waals surface area contributed by atoms with Gasteiger partial charge in [-0.2, -0.15) is 0 Å². The Balaban J connectivity index is 2.40. The molecule has 100 valence electrons. The minimum Gasteiger partial charge on any atom is -0.591 e. The standard InChI is InChI=1S/C13H12Cl2N2OS/c1-8(2)19(18)16-7-10-5-9-6-11(14)3-4-12(9)17-13(10)15/h3-8H,1-2H3/b16-7+/t19-/m1/s1. The zero-order chi connectivity index (χ0) is 14.0. The first-order valence-electron chi connectivity index (χ1n) is 5.68. The molecule has 0 aliphatic carbocycles. The van der Waals surface area contributed by atoms with Crippen molar-refractivity contribution in [3.05, 3.63) is 40.0 Å². The van der Waals surface area contributed by atoms with Crippen LogP contribution in [0.2, 0.25) is 10.2 Å². The molecule has 0 bridgehead atoms. The minimum absolute atomic E-state index is 0.0297. The van der Waals surface area contributed by atoms with Crippen LogP contribution >= 0.6 is 23.2 Å². The Bertz CT molecular complexity index is 631. The smallest absolute Gasteiger partial charge is 0.138 e. The second-order valence-corrected chi connectivity index (χ2v) is 6.77. The van der Waals surface area contributed by atoms with Crippen LogP contribution in [0.4, 0.5) is 0 Å². The Morgan fingerprint density at radius 2 is 2.05 bits per heavy atom. The molecule has 1 heterocycles. The van der Waals surface area contributed by atoms with Crippen LogP contribution in [0.3, 0.4) is 0 Å². The molecule has 1 aromatic heterocycles. The zero-order valence-corrected chi connectivity index (χ0v) is 12.8. The van der Waals surface area contributed by atoms with Gasteiger partial charge in [0, 0.05) is 16.0 Å². The highest BCUT2D eigenvalue weighted by atomic mass is 35.5. The Labute approximate surface area is 125 Å². The maximum absolute atomic E-state index is 11.6. The maximum atomic E-state index is 11.6. The van der Waals surface area contributed by atoms with Crippen LogP contribution in [0.1, 0.15) is 19.4 Å². The molecule has 1 atom stereocenters. The Morgan fingerprint density at radius 3 is 2.74 bits per heavy atom. The van der Waals surface area contributed by atoms with Gasteiger partial charge in [0.2, 0.25) is 0 Å². The van der Waals surface area contributed by atoms with Gasteiger partial charge in [-0.15, -0.1) is 0 Å². The van der Waals surface area contributed by atoms with Gasteiger partial charge in [0.1, 0.15) is 10.4 Å². The summed E-state index contributed by atoms with van der Waals surface area (Å²) in [4.78, 5) is 4.26. The fourth-order valence-corrected chi connectivity index (χ4v) is 2.30. The van der Waals surface area contributed by atoms with Crippen molar-refractivity contribution in [2.24, 2.45) is 4.40 Å². The van der Waals surface area contributed by atoms with Crippen LogP contribution in [0.25, 0.3) is 10.9 Å². The molecule has 0 spiro atoms. The molecule has 0 unspecified atom stereocenters. The number of pyridine rings is 1. The van der Waals surface area contributed by atoms with E-state index in [-0.39, 0.29) is 5.25 Å². The van der Waals surface area contributed by atoms with Gasteiger partial charge in [-0.25, -0.2) is 4.98 Å². The van der Waals surface area contributed by atoms with Gasteiger partial charge in [0.25, 0.3) is 0 Å². The van der Waals surface area contributed by atoms with E-state index in [1.165, 1.54) is 6.21 Å². The number of halogens is 2. The molecule has 0 fully saturated rings. The number of aromatic nitrogens is 1. The summed E-state index contributed by atoms with van der Waals surface area (Å²) in [5.41, 5.74) is 1.39. The molecule has 0 saturated carbocycles. The van der Waals surface area contributed by atoms with E-state index in [0.717, 1.165) is 10.9 Å². The molecule has 0 aliphatic heterocycles. The minimum atomic E-state index is -1.26. The third-order valence-corrected chi connectivity index (χ3v) is 4.11. The Kier molecular flexibility index (Phi) is 4.68. The van der Waals surface area contributed by atoms with E-state index in [1.54, 1.807) is 18.2 Å². The number of fused-ring (bicyclic) bond motifs is 1. The molecule has 2 rings (SSSR count). The summed E-state index contributed by atoms with van der Waals surface area (Å²) < 4.78 is 15.5. The van der Waals surface area contributed by atoms with Crippen LogP contribution in [0.15, 0.2) is 28.7 Å². The van der Waals surface area contributed by atoms with Crippen molar-refractivity contribution in [2.75, 3.05) is 0 Å². The summed E-state index contributed by atoms with van der Waals surface area (Å²) in [7, 11) is 0. The van der Waals surface area contributed by atoms with E-state index < -0.39 is 11.4 Å². The van der Waals surface area contributed by atoms with Gasteiger partial charge in [-0.1, -0.05) is 27.6 Å². The van der Waals surface area contributed by atoms with E-state index in [9.17, 15) is 4.55 Å². The molecular formula is C13H12Cl2N2OS. The SMILES string of the molecule is CC(C)[S@@+]([O-])/N=C/c1cc2cc(Cl)ccc2nc1Cl. The lowest BCUT2D eigenvalue weighted by atomic mass is 10.2. The van der Waals surface area contributed by atoms with Gasteiger partial charge in [-0.05, 0) is 38.1 Å². The van der Waals surface area contributed by atoms with Crippen molar-refractivity contribution in [1.29, 1.82) is 0 Å². The number of benzene rings is 1. The number of hydrogen-bond acceptors (Lipinski definition) is 3. The van der Waals surface area contributed by atoms with Crippen molar-refractivity contribution in [3.8, 4) is 0 Å². The summed E-state index contributed by atoms with van der Waals surface area (Å²) in [6.45, 7) is 3.68. The van der Waals surface area contributed by atoms with Crippen molar-refractivity contribution in [3.63, 3.8) is 0 Å². The van der Waals surface area contributed by atoms with E-state index in [0.29, 0.717) is 15.7 Å². The first-order chi connectivity index (χ1) is 8.97. The van der Waals surface area contributed by atoms with Crippen LogP contribution in [0, 0.1) is 0 Å². The van der Waals surface area contributed by atoms with E-state index in [1.807, 2.05) is 19.9 Å². The molecule has 0 saturated heterocycles. The summed E-state index contributed by atoms with van der Waals surface area (Å²) in [6.07, 6.45) is 1.49. The fourth-order valence-electron chi connectivity index (χ4n) is 1.46. The average molecular weight is 315 g/mol. The highest BCUT2D eigenvalue weighted by Crippen LogP contribution is 2.22. The van der Waals surface area contributed by atoms with Gasteiger partial charge >= 0.3 is 0 Å². The lowest BCUT2D eigenvalue weighted by Crippen LogP contribution is -2.10. The van der Waals surface area contributed by atoms with Crippen molar-refractivity contribution in [1.82, 2.24) is 4.98 Å². The molecule has 1 aromatic carbocycles. The van der Waals surface area contributed by atoms with E-state index in [4.69, 9.17) is 23.2 Å². The molecule has 6 heteroatoms. The summed E-state index contributed by atoms with van der Waals surface area (Å²) in [6, 6.07) is 7.19. The molecule has 2 aromatic rings. The van der Waals surface area contributed by atoms with Crippen molar-refractivity contribution < 1.29 is 4.55 Å². The Hall–Kier alpha value is -0.810. The molecule has 19 heavy (non-hydrogen) atoms. The first-order valence-corrected chi connectivity index (χ1v) is 7.60. The van der Waals surface area contributed by atoms with E-state index in [2.05, 4.69) is 9.38 Å². The molecule has 0 N–H and O–H groups in total. The highest BCUT2D eigenvalue weighted by Gasteiger charge is 2.10. The quantitative estimate of drug-likeness (QED) is 0.488. The monoisotopic (exact) mass is 314 g/mol. The van der Waals surface area contributed by atoms with Crippen LogP contribution < -0.4 is 0 Å². The van der Waals surface area contributed by atoms with Gasteiger partial charge in [0.05, 0.1) is 23.1 Å². The number of hydrogen-bond donors (Lipinski definition) is 0. The molecule has 0 amide bonds. The number of rotatable bonds is 3. The van der Waals surface area contributed by atoms with Gasteiger partial charge < -0.3 is 4.55 Å². The predicted octanol–water partition coefficient (Wildman–Crippen LogP) is 4.03. The van der Waals surface area contributed by atoms with Gasteiger partial charge in [-0.3, -0.25) is 0 Å². The third-order valence-electron chi connectivity index (χ3n) is 2.46. The van der Waals surface area contributed by atoms with Crippen molar-refractivity contribution in [2.45, 2.75) is 19.1 Å². The van der Waals surface area contributed by atoms with Crippen LogP contribution in [-0.2, 0) is 11.4 Å². The topological polar surface area (TPSA) is 48.3 Å². The molecular weight excluding hydrogens is 303 g/mol. The maximum Gasteiger partial charge on any atom is 0.138 e. The average Bonchev–Trinajstić information content (AvgIpc) is 2.36. The predicted molar refractivity (Wildman–Crippen MR) is 82.6 cm³/mol. The first kappa shape index (κ1) is 14.6. The van der Waals surface area contributed by atoms with Crippen LogP contribution in [0.5, 0.6) is 0 Å². The molecule has 3 nitrogen and oxygen atoms in total. The fraction of sp³-hybridized carbons (Fsp3) is 0.231. The third kappa shape index (κ3) is 3.60. The summed E-state index contributed by atoms with van der Waals surface area (Å²) >= 11 is 10.7. The largest absolute Gasteiger partial charge is 0.591 e. The summed E-state index contributed by atoms with van der Waals surface area (Å²) in [5, 5.41) is 1.80. The van der Waals surface area contributed by atoms with Gasteiger partial charge in [0.15, 0.2) is 0 Å². The second-order valence-electron chi connectivity index (χ2n) is 4.26. The highest BCUT2D eigenvalue weighted by molar-refractivity contribution is 7.90. The van der Waals surface area contributed by atoms with E-state index >= 15 is 0 Å². The Morgan fingerprint density at radius 1 is 1.32 bits per heavy atom. The number of nitrogens with zero attached hydrogens (tertiary/aromatic N) is 2. The zero-order valence-electron chi connectivity index (χ0n) is 10.4. The van der Waals surface area contributed by atoms with Crippen molar-refractivity contribution >= 4 is 51.7 Å². The normalized spacial score (nSPS) is 13.6.